The fraction of sp³-hybridized carbons (Fsp3) is 0.714. The SMILES string of the molecule is CC(C)CCC[C@@H](C)[C@H]1CC[C@H]2[C@@H]3CCC4=CC(n5ccc6ccccc65)CC[C@]4(C)[C@H]3CC[C@]12C. The Hall–Kier alpha value is -1.50. The van der Waals surface area contributed by atoms with E-state index >= 15 is 0 Å². The van der Waals surface area contributed by atoms with E-state index in [1.807, 2.05) is 5.57 Å². The molecule has 0 bridgehead atoms. The van der Waals surface area contributed by atoms with Gasteiger partial charge in [0.1, 0.15) is 0 Å². The van der Waals surface area contributed by atoms with Crippen molar-refractivity contribution in [3.8, 4) is 0 Å². The molecule has 0 N–H and O–H groups in total. The van der Waals surface area contributed by atoms with Gasteiger partial charge in [-0.3, -0.25) is 0 Å². The molecule has 2 aromatic rings. The van der Waals surface area contributed by atoms with Crippen molar-refractivity contribution in [1.82, 2.24) is 4.57 Å². The zero-order valence-corrected chi connectivity index (χ0v) is 23.8. The molecule has 1 aromatic carbocycles. The summed E-state index contributed by atoms with van der Waals surface area (Å²) in [5.41, 5.74) is 4.28. The Morgan fingerprint density at radius 1 is 0.889 bits per heavy atom. The molecule has 36 heavy (non-hydrogen) atoms. The summed E-state index contributed by atoms with van der Waals surface area (Å²) in [6.07, 6.45) is 20.9. The normalized spacial score (nSPS) is 38.9. The van der Waals surface area contributed by atoms with E-state index in [1.54, 1.807) is 0 Å². The first-order chi connectivity index (χ1) is 17.3. The molecule has 1 heterocycles. The third-order valence-corrected chi connectivity index (χ3v) is 12.3. The summed E-state index contributed by atoms with van der Waals surface area (Å²) < 4.78 is 2.56. The van der Waals surface area contributed by atoms with Crippen LogP contribution < -0.4 is 0 Å². The molecule has 1 aromatic heterocycles. The number of benzene rings is 1. The number of hydrogen-bond donors (Lipinski definition) is 0. The van der Waals surface area contributed by atoms with E-state index in [0.29, 0.717) is 16.9 Å². The van der Waals surface area contributed by atoms with Gasteiger partial charge in [0, 0.05) is 11.7 Å². The van der Waals surface area contributed by atoms with E-state index in [1.165, 1.54) is 81.5 Å². The highest BCUT2D eigenvalue weighted by Crippen LogP contribution is 2.68. The summed E-state index contributed by atoms with van der Waals surface area (Å²) in [5.74, 6) is 5.62. The van der Waals surface area contributed by atoms with Gasteiger partial charge in [-0.25, -0.2) is 0 Å². The highest BCUT2D eigenvalue weighted by Gasteiger charge is 2.59. The molecule has 0 radical (unpaired) electrons. The zero-order chi connectivity index (χ0) is 25.1. The number of rotatable bonds is 6. The molecule has 4 aliphatic rings. The topological polar surface area (TPSA) is 4.93 Å². The molecule has 196 valence electrons. The summed E-state index contributed by atoms with van der Waals surface area (Å²) in [6.45, 7) is 12.8. The van der Waals surface area contributed by atoms with Crippen LogP contribution in [0.2, 0.25) is 0 Å². The van der Waals surface area contributed by atoms with E-state index in [4.69, 9.17) is 0 Å². The molecule has 1 nitrogen and oxygen atoms in total. The maximum absolute atomic E-state index is 2.74. The molecular weight excluding hydrogens is 434 g/mol. The van der Waals surface area contributed by atoms with E-state index in [0.717, 1.165) is 35.5 Å². The Labute approximate surface area is 221 Å². The Balaban J connectivity index is 1.20. The quantitative estimate of drug-likeness (QED) is 0.359. The van der Waals surface area contributed by atoms with Crippen molar-refractivity contribution in [1.29, 1.82) is 0 Å². The molecule has 0 saturated heterocycles. The Bertz CT molecular complexity index is 1100. The van der Waals surface area contributed by atoms with Gasteiger partial charge in [-0.1, -0.05) is 83.7 Å². The van der Waals surface area contributed by atoms with E-state index in [-0.39, 0.29) is 0 Å². The van der Waals surface area contributed by atoms with Gasteiger partial charge in [-0.15, -0.1) is 0 Å². The first-order valence-electron chi connectivity index (χ1n) is 15.6. The highest BCUT2D eigenvalue weighted by atomic mass is 15.0. The van der Waals surface area contributed by atoms with Crippen molar-refractivity contribution in [2.45, 2.75) is 111 Å². The molecule has 0 spiro atoms. The zero-order valence-electron chi connectivity index (χ0n) is 23.8. The van der Waals surface area contributed by atoms with Gasteiger partial charge in [-0.2, -0.15) is 0 Å². The van der Waals surface area contributed by atoms with Crippen LogP contribution in [0.5, 0.6) is 0 Å². The van der Waals surface area contributed by atoms with Crippen molar-refractivity contribution < 1.29 is 0 Å². The van der Waals surface area contributed by atoms with Gasteiger partial charge >= 0.3 is 0 Å². The predicted molar refractivity (Wildman–Crippen MR) is 154 cm³/mol. The Morgan fingerprint density at radius 3 is 2.56 bits per heavy atom. The van der Waals surface area contributed by atoms with Crippen LogP contribution in [0, 0.1) is 46.3 Å². The summed E-state index contributed by atoms with van der Waals surface area (Å²) >= 11 is 0. The van der Waals surface area contributed by atoms with Crippen LogP contribution in [0.1, 0.15) is 111 Å². The molecule has 1 unspecified atom stereocenters. The average Bonchev–Trinajstić information content (AvgIpc) is 3.44. The number of aromatic nitrogens is 1. The fourth-order valence-corrected chi connectivity index (χ4v) is 10.3. The minimum atomic E-state index is 0.449. The maximum atomic E-state index is 2.74. The monoisotopic (exact) mass is 485 g/mol. The Morgan fingerprint density at radius 2 is 1.72 bits per heavy atom. The standard InChI is InChI=1S/C35H51N/c1-24(2)9-8-10-25(3)30-15-16-31-29-14-13-27-23-28(36-22-19-26-11-6-7-12-33(26)36)17-20-34(27,4)32(29)18-21-35(30,31)5/h6-7,11-12,19,22-25,28-32H,8-10,13-18,20-21H2,1-5H3/t25-,28?,29+,30-,31+,32+,34+,35-/m1/s1. The van der Waals surface area contributed by atoms with Crippen LogP contribution in [-0.2, 0) is 0 Å². The van der Waals surface area contributed by atoms with Crippen molar-refractivity contribution in [3.63, 3.8) is 0 Å². The van der Waals surface area contributed by atoms with Crippen molar-refractivity contribution in [3.05, 3.63) is 48.2 Å². The minimum absolute atomic E-state index is 0.449. The van der Waals surface area contributed by atoms with Crippen molar-refractivity contribution in [2.75, 3.05) is 0 Å². The van der Waals surface area contributed by atoms with Crippen LogP contribution in [0.15, 0.2) is 48.2 Å². The lowest BCUT2D eigenvalue weighted by Gasteiger charge is -2.59. The third kappa shape index (κ3) is 3.94. The van der Waals surface area contributed by atoms with Crippen LogP contribution in [-0.4, -0.2) is 4.57 Å². The van der Waals surface area contributed by atoms with Crippen LogP contribution in [0.4, 0.5) is 0 Å². The smallest absolute Gasteiger partial charge is 0.0519 e. The molecule has 1 heteroatoms. The summed E-state index contributed by atoms with van der Waals surface area (Å²) in [4.78, 5) is 0. The van der Waals surface area contributed by atoms with E-state index in [2.05, 4.69) is 81.8 Å². The molecule has 3 saturated carbocycles. The molecule has 6 rings (SSSR count). The third-order valence-electron chi connectivity index (χ3n) is 12.3. The van der Waals surface area contributed by atoms with Crippen molar-refractivity contribution >= 4 is 10.9 Å². The number of fused-ring (bicyclic) bond motifs is 6. The number of para-hydroxylation sites is 1. The molecule has 8 atom stereocenters. The van der Waals surface area contributed by atoms with Crippen LogP contribution >= 0.6 is 0 Å². The predicted octanol–water partition coefficient (Wildman–Crippen LogP) is 10.2. The van der Waals surface area contributed by atoms with Crippen LogP contribution in [0.25, 0.3) is 10.9 Å². The van der Waals surface area contributed by atoms with Gasteiger partial charge in [-0.05, 0) is 115 Å². The summed E-state index contributed by atoms with van der Waals surface area (Å²) in [7, 11) is 0. The van der Waals surface area contributed by atoms with E-state index in [9.17, 15) is 0 Å². The van der Waals surface area contributed by atoms with E-state index < -0.39 is 0 Å². The largest absolute Gasteiger partial charge is 0.341 e. The average molecular weight is 486 g/mol. The summed E-state index contributed by atoms with van der Waals surface area (Å²) in [6, 6.07) is 11.8. The molecular formula is C35H51N. The van der Waals surface area contributed by atoms with Crippen molar-refractivity contribution in [2.24, 2.45) is 46.3 Å². The molecule has 4 aliphatic carbocycles. The second kappa shape index (κ2) is 9.36. The molecule has 0 amide bonds. The second-order valence-electron chi connectivity index (χ2n) is 14.4. The summed E-state index contributed by atoms with van der Waals surface area (Å²) in [5, 5.41) is 1.38. The number of nitrogens with zero attached hydrogens (tertiary/aromatic N) is 1. The van der Waals surface area contributed by atoms with Gasteiger partial charge in [0.2, 0.25) is 0 Å². The lowest BCUT2D eigenvalue weighted by molar-refractivity contribution is -0.0603. The molecule has 3 fully saturated rings. The van der Waals surface area contributed by atoms with Gasteiger partial charge in [0.05, 0.1) is 6.04 Å². The first kappa shape index (κ1) is 24.8. The second-order valence-corrected chi connectivity index (χ2v) is 14.4. The Kier molecular flexibility index (Phi) is 6.45. The van der Waals surface area contributed by atoms with Gasteiger partial charge in [0.25, 0.3) is 0 Å². The number of hydrogen-bond acceptors (Lipinski definition) is 0. The van der Waals surface area contributed by atoms with Crippen LogP contribution in [0.3, 0.4) is 0 Å². The van der Waals surface area contributed by atoms with Gasteiger partial charge < -0.3 is 4.57 Å². The minimum Gasteiger partial charge on any atom is -0.341 e. The lowest BCUT2D eigenvalue weighted by Crippen LogP contribution is -2.50. The number of allylic oxidation sites excluding steroid dienone is 2. The molecule has 0 aliphatic heterocycles. The first-order valence-corrected chi connectivity index (χ1v) is 15.6. The fourth-order valence-electron chi connectivity index (χ4n) is 10.3. The van der Waals surface area contributed by atoms with Gasteiger partial charge in [0.15, 0.2) is 0 Å². The highest BCUT2D eigenvalue weighted by molar-refractivity contribution is 5.80. The lowest BCUT2D eigenvalue weighted by atomic mass is 9.46. The maximum Gasteiger partial charge on any atom is 0.0519 e.